The van der Waals surface area contributed by atoms with Crippen LogP contribution >= 0.6 is 15.9 Å². The van der Waals surface area contributed by atoms with Gasteiger partial charge in [0.15, 0.2) is 11.6 Å². The van der Waals surface area contributed by atoms with Gasteiger partial charge in [-0.3, -0.25) is 4.79 Å². The van der Waals surface area contributed by atoms with Crippen molar-refractivity contribution in [3.05, 3.63) is 28.2 Å². The average molecular weight is 323 g/mol. The first-order chi connectivity index (χ1) is 8.24. The van der Waals surface area contributed by atoms with Crippen molar-refractivity contribution < 1.29 is 23.4 Å². The molecule has 1 N–H and O–H groups in total. The summed E-state index contributed by atoms with van der Waals surface area (Å²) in [6, 6.07) is 2.29. The van der Waals surface area contributed by atoms with Crippen LogP contribution in [-0.2, 0) is 4.79 Å². The molecule has 0 fully saturated rings. The minimum atomic E-state index is -1.08. The van der Waals surface area contributed by atoms with Gasteiger partial charge in [0.25, 0.3) is 0 Å². The second-order valence-corrected chi connectivity index (χ2v) is 5.40. The van der Waals surface area contributed by atoms with Crippen molar-refractivity contribution in [1.82, 2.24) is 0 Å². The van der Waals surface area contributed by atoms with E-state index >= 15 is 0 Å². The minimum Gasteiger partial charge on any atom is -0.490 e. The Kier molecular flexibility index (Phi) is 4.67. The number of carbonyl (C=O) groups is 1. The SMILES string of the molecule is CC(C)(CCOc1cc(Br)cc(F)c1F)C(=O)O. The van der Waals surface area contributed by atoms with E-state index in [1.165, 1.54) is 19.9 Å². The Hall–Kier alpha value is -1.17. The molecule has 100 valence electrons. The van der Waals surface area contributed by atoms with Crippen molar-refractivity contribution in [2.45, 2.75) is 20.3 Å². The largest absolute Gasteiger partial charge is 0.490 e. The minimum absolute atomic E-state index is 0.00782. The van der Waals surface area contributed by atoms with E-state index in [-0.39, 0.29) is 18.8 Å². The summed E-state index contributed by atoms with van der Waals surface area (Å²) in [6.45, 7) is 3.07. The van der Waals surface area contributed by atoms with E-state index < -0.39 is 23.0 Å². The lowest BCUT2D eigenvalue weighted by Crippen LogP contribution is -2.26. The number of ether oxygens (including phenoxy) is 1. The van der Waals surface area contributed by atoms with Crippen molar-refractivity contribution in [2.75, 3.05) is 6.61 Å². The summed E-state index contributed by atoms with van der Waals surface area (Å²) in [5.74, 6) is -3.29. The third kappa shape index (κ3) is 3.66. The first kappa shape index (κ1) is 14.9. The van der Waals surface area contributed by atoms with E-state index in [0.717, 1.165) is 6.07 Å². The van der Waals surface area contributed by atoms with Crippen molar-refractivity contribution in [1.29, 1.82) is 0 Å². The Morgan fingerprint density at radius 2 is 2.06 bits per heavy atom. The molecule has 0 atom stereocenters. The molecule has 0 spiro atoms. The van der Waals surface area contributed by atoms with E-state index in [9.17, 15) is 13.6 Å². The quantitative estimate of drug-likeness (QED) is 0.842. The van der Waals surface area contributed by atoms with Crippen molar-refractivity contribution in [2.24, 2.45) is 5.41 Å². The lowest BCUT2D eigenvalue weighted by molar-refractivity contribution is -0.147. The Balaban J connectivity index is 2.68. The van der Waals surface area contributed by atoms with Crippen LogP contribution in [-0.4, -0.2) is 17.7 Å². The number of carboxylic acids is 1. The molecular formula is C12H13BrF2O3. The van der Waals surface area contributed by atoms with Crippen LogP contribution in [0.3, 0.4) is 0 Å². The summed E-state index contributed by atoms with van der Waals surface area (Å²) in [6.07, 6.45) is 0.190. The molecule has 0 unspecified atom stereocenters. The first-order valence-corrected chi connectivity index (χ1v) is 6.04. The molecule has 0 aliphatic rings. The van der Waals surface area contributed by atoms with Crippen LogP contribution in [0.2, 0.25) is 0 Å². The fourth-order valence-corrected chi connectivity index (χ4v) is 1.57. The highest BCUT2D eigenvalue weighted by atomic mass is 79.9. The van der Waals surface area contributed by atoms with E-state index in [1.807, 2.05) is 0 Å². The highest BCUT2D eigenvalue weighted by molar-refractivity contribution is 9.10. The Morgan fingerprint density at radius 1 is 1.44 bits per heavy atom. The second kappa shape index (κ2) is 5.65. The van der Waals surface area contributed by atoms with Crippen LogP contribution in [0.1, 0.15) is 20.3 Å². The van der Waals surface area contributed by atoms with Crippen LogP contribution in [0.25, 0.3) is 0 Å². The maximum absolute atomic E-state index is 13.3. The zero-order chi connectivity index (χ0) is 13.9. The van der Waals surface area contributed by atoms with Gasteiger partial charge in [0.1, 0.15) is 0 Å². The van der Waals surface area contributed by atoms with E-state index in [2.05, 4.69) is 15.9 Å². The summed E-state index contributed by atoms with van der Waals surface area (Å²) in [5.41, 5.74) is -0.971. The molecule has 0 aliphatic heterocycles. The topological polar surface area (TPSA) is 46.5 Å². The molecule has 0 aromatic heterocycles. The zero-order valence-corrected chi connectivity index (χ0v) is 11.6. The Bertz CT molecular complexity index is 461. The molecule has 0 bridgehead atoms. The maximum atomic E-state index is 13.3. The number of hydrogen-bond donors (Lipinski definition) is 1. The Morgan fingerprint density at radius 3 is 2.61 bits per heavy atom. The van der Waals surface area contributed by atoms with Crippen LogP contribution < -0.4 is 4.74 Å². The molecule has 0 saturated heterocycles. The van der Waals surface area contributed by atoms with Gasteiger partial charge in [0, 0.05) is 4.47 Å². The summed E-state index contributed by atoms with van der Waals surface area (Å²) in [5, 5.41) is 8.88. The van der Waals surface area contributed by atoms with Crippen molar-refractivity contribution in [3.8, 4) is 5.75 Å². The number of benzene rings is 1. The molecule has 0 amide bonds. The number of carboxylic acid groups (broad SMARTS) is 1. The van der Waals surface area contributed by atoms with Gasteiger partial charge >= 0.3 is 5.97 Å². The van der Waals surface area contributed by atoms with E-state index in [1.54, 1.807) is 0 Å². The summed E-state index contributed by atoms with van der Waals surface area (Å²) in [4.78, 5) is 10.8. The number of halogens is 3. The molecule has 0 heterocycles. The molecule has 1 rings (SSSR count). The van der Waals surface area contributed by atoms with Crippen molar-refractivity contribution in [3.63, 3.8) is 0 Å². The summed E-state index contributed by atoms with van der Waals surface area (Å²) < 4.78 is 31.8. The van der Waals surface area contributed by atoms with Crippen LogP contribution in [0.4, 0.5) is 8.78 Å². The third-order valence-corrected chi connectivity index (χ3v) is 2.98. The third-order valence-electron chi connectivity index (χ3n) is 2.52. The zero-order valence-electron chi connectivity index (χ0n) is 9.97. The highest BCUT2D eigenvalue weighted by Crippen LogP contribution is 2.27. The fourth-order valence-electron chi connectivity index (χ4n) is 1.16. The lowest BCUT2D eigenvalue weighted by atomic mass is 9.90. The van der Waals surface area contributed by atoms with E-state index in [0.29, 0.717) is 4.47 Å². The number of hydrogen-bond acceptors (Lipinski definition) is 2. The molecule has 0 radical (unpaired) electrons. The van der Waals surface area contributed by atoms with E-state index in [4.69, 9.17) is 9.84 Å². The standard InChI is InChI=1S/C12H13BrF2O3/c1-12(2,11(16)17)3-4-18-9-6-7(13)5-8(14)10(9)15/h5-6H,3-4H2,1-2H3,(H,16,17). The maximum Gasteiger partial charge on any atom is 0.309 e. The molecule has 1 aromatic rings. The molecular weight excluding hydrogens is 310 g/mol. The van der Waals surface area contributed by atoms with Gasteiger partial charge in [-0.2, -0.15) is 4.39 Å². The van der Waals surface area contributed by atoms with Crippen LogP contribution in [0.5, 0.6) is 5.75 Å². The number of rotatable bonds is 5. The monoisotopic (exact) mass is 322 g/mol. The fraction of sp³-hybridized carbons (Fsp3) is 0.417. The molecule has 1 aromatic carbocycles. The normalized spacial score (nSPS) is 11.4. The molecule has 18 heavy (non-hydrogen) atoms. The molecule has 3 nitrogen and oxygen atoms in total. The molecule has 0 saturated carbocycles. The van der Waals surface area contributed by atoms with Gasteiger partial charge in [0.2, 0.25) is 5.82 Å². The van der Waals surface area contributed by atoms with Gasteiger partial charge in [-0.15, -0.1) is 0 Å². The highest BCUT2D eigenvalue weighted by Gasteiger charge is 2.27. The first-order valence-electron chi connectivity index (χ1n) is 5.25. The predicted octanol–water partition coefficient (Wildman–Crippen LogP) is 3.61. The molecule has 0 aliphatic carbocycles. The predicted molar refractivity (Wildman–Crippen MR) is 65.6 cm³/mol. The number of aliphatic carboxylic acids is 1. The smallest absolute Gasteiger partial charge is 0.309 e. The van der Waals surface area contributed by atoms with Crippen LogP contribution in [0, 0.1) is 17.0 Å². The second-order valence-electron chi connectivity index (χ2n) is 4.49. The average Bonchev–Trinajstić information content (AvgIpc) is 2.24. The summed E-state index contributed by atoms with van der Waals surface area (Å²) in [7, 11) is 0. The Labute approximate surface area is 112 Å². The lowest BCUT2D eigenvalue weighted by Gasteiger charge is -2.19. The van der Waals surface area contributed by atoms with Gasteiger partial charge in [-0.05, 0) is 32.4 Å². The van der Waals surface area contributed by atoms with Gasteiger partial charge in [-0.1, -0.05) is 15.9 Å². The van der Waals surface area contributed by atoms with Crippen molar-refractivity contribution >= 4 is 21.9 Å². The van der Waals surface area contributed by atoms with Gasteiger partial charge in [0.05, 0.1) is 12.0 Å². The van der Waals surface area contributed by atoms with Gasteiger partial charge in [-0.25, -0.2) is 4.39 Å². The summed E-state index contributed by atoms with van der Waals surface area (Å²) >= 11 is 3.02. The molecule has 6 heteroatoms. The van der Waals surface area contributed by atoms with Gasteiger partial charge < -0.3 is 9.84 Å². The van der Waals surface area contributed by atoms with Crippen LogP contribution in [0.15, 0.2) is 16.6 Å².